The van der Waals surface area contributed by atoms with Crippen LogP contribution < -0.4 is 14.8 Å². The van der Waals surface area contributed by atoms with Gasteiger partial charge in [-0.1, -0.05) is 41.9 Å². The summed E-state index contributed by atoms with van der Waals surface area (Å²) in [6.45, 7) is -0.414. The lowest BCUT2D eigenvalue weighted by Crippen LogP contribution is -2.36. The first kappa shape index (κ1) is 23.4. The first-order valence-corrected chi connectivity index (χ1v) is 11.3. The normalized spacial score (nSPS) is 14.4. The van der Waals surface area contributed by atoms with Crippen LogP contribution in [-0.2, 0) is 9.59 Å². The summed E-state index contributed by atoms with van der Waals surface area (Å²) in [5, 5.41) is 2.44. The summed E-state index contributed by atoms with van der Waals surface area (Å²) in [6.07, 6.45) is 1.60. The Morgan fingerprint density at radius 1 is 1.03 bits per heavy atom. The molecular formula is C25H19ClN2O5S. The lowest BCUT2D eigenvalue weighted by molar-refractivity contribution is -0.127. The molecule has 0 unspecified atom stereocenters. The van der Waals surface area contributed by atoms with E-state index in [4.69, 9.17) is 21.1 Å². The second-order valence-electron chi connectivity index (χ2n) is 7.15. The lowest BCUT2D eigenvalue weighted by atomic mass is 10.2. The number of anilines is 1. The fourth-order valence-corrected chi connectivity index (χ4v) is 4.26. The molecule has 1 aliphatic rings. The van der Waals surface area contributed by atoms with Crippen molar-refractivity contribution in [1.82, 2.24) is 4.90 Å². The van der Waals surface area contributed by atoms with E-state index in [0.29, 0.717) is 33.5 Å². The van der Waals surface area contributed by atoms with Crippen LogP contribution in [0.1, 0.15) is 5.56 Å². The number of benzene rings is 3. The Morgan fingerprint density at radius 2 is 1.79 bits per heavy atom. The molecule has 9 heteroatoms. The molecule has 1 aliphatic heterocycles. The molecule has 1 saturated heterocycles. The van der Waals surface area contributed by atoms with Gasteiger partial charge in [0.1, 0.15) is 23.8 Å². The van der Waals surface area contributed by atoms with Crippen molar-refractivity contribution in [2.24, 2.45) is 0 Å². The Hall–Kier alpha value is -3.75. The highest BCUT2D eigenvalue weighted by Gasteiger charge is 2.36. The van der Waals surface area contributed by atoms with E-state index in [-0.39, 0.29) is 4.91 Å². The van der Waals surface area contributed by atoms with Gasteiger partial charge in [0.15, 0.2) is 0 Å². The number of thioether (sulfide) groups is 1. The van der Waals surface area contributed by atoms with Crippen molar-refractivity contribution in [1.29, 1.82) is 0 Å². The first-order valence-electron chi connectivity index (χ1n) is 10.1. The molecule has 4 rings (SSSR count). The van der Waals surface area contributed by atoms with E-state index in [1.54, 1.807) is 42.5 Å². The van der Waals surface area contributed by atoms with Gasteiger partial charge in [-0.15, -0.1) is 0 Å². The average Bonchev–Trinajstić information content (AvgIpc) is 3.07. The van der Waals surface area contributed by atoms with Crippen LogP contribution >= 0.6 is 23.4 Å². The predicted octanol–water partition coefficient (Wildman–Crippen LogP) is 5.82. The molecule has 0 spiro atoms. The smallest absolute Gasteiger partial charge is 0.294 e. The number of hydrogen-bond acceptors (Lipinski definition) is 6. The molecule has 3 amide bonds. The van der Waals surface area contributed by atoms with E-state index in [9.17, 15) is 14.4 Å². The Morgan fingerprint density at radius 3 is 2.53 bits per heavy atom. The summed E-state index contributed by atoms with van der Waals surface area (Å²) in [5.74, 6) is 0.685. The molecule has 172 valence electrons. The van der Waals surface area contributed by atoms with Crippen LogP contribution in [-0.4, -0.2) is 35.6 Å². The minimum atomic E-state index is -0.535. The summed E-state index contributed by atoms with van der Waals surface area (Å²) in [4.78, 5) is 38.8. The number of methoxy groups -OCH3 is 1. The number of imide groups is 1. The predicted molar refractivity (Wildman–Crippen MR) is 132 cm³/mol. The zero-order chi connectivity index (χ0) is 24.1. The summed E-state index contributed by atoms with van der Waals surface area (Å²) >= 11 is 6.85. The van der Waals surface area contributed by atoms with Gasteiger partial charge < -0.3 is 14.8 Å². The maximum atomic E-state index is 12.8. The molecule has 7 nitrogen and oxygen atoms in total. The van der Waals surface area contributed by atoms with Gasteiger partial charge >= 0.3 is 0 Å². The average molecular weight is 495 g/mol. The number of rotatable bonds is 7. The van der Waals surface area contributed by atoms with Gasteiger partial charge in [-0.25, -0.2) is 0 Å². The van der Waals surface area contributed by atoms with Crippen molar-refractivity contribution in [3.05, 3.63) is 88.3 Å². The van der Waals surface area contributed by atoms with E-state index in [0.717, 1.165) is 16.7 Å². The van der Waals surface area contributed by atoms with Crippen molar-refractivity contribution in [2.45, 2.75) is 0 Å². The number of hydrogen-bond donors (Lipinski definition) is 1. The maximum absolute atomic E-state index is 12.8. The van der Waals surface area contributed by atoms with Crippen molar-refractivity contribution in [2.75, 3.05) is 19.0 Å². The minimum absolute atomic E-state index is 0.224. The van der Waals surface area contributed by atoms with Gasteiger partial charge in [0.05, 0.1) is 17.0 Å². The van der Waals surface area contributed by atoms with Gasteiger partial charge in [0.2, 0.25) is 5.91 Å². The highest BCUT2D eigenvalue weighted by atomic mass is 35.5. The van der Waals surface area contributed by atoms with Crippen LogP contribution in [0.3, 0.4) is 0 Å². The van der Waals surface area contributed by atoms with Gasteiger partial charge in [0, 0.05) is 5.69 Å². The quantitative estimate of drug-likeness (QED) is 0.417. The monoisotopic (exact) mass is 494 g/mol. The second-order valence-corrected chi connectivity index (χ2v) is 8.55. The Labute approximate surface area is 205 Å². The largest absolute Gasteiger partial charge is 0.495 e. The van der Waals surface area contributed by atoms with Gasteiger partial charge in [0.25, 0.3) is 11.1 Å². The molecule has 3 aromatic rings. The van der Waals surface area contributed by atoms with E-state index in [1.165, 1.54) is 13.2 Å². The number of amides is 3. The summed E-state index contributed by atoms with van der Waals surface area (Å²) in [6, 6.07) is 21.2. The molecular weight excluding hydrogens is 476 g/mol. The molecule has 34 heavy (non-hydrogen) atoms. The summed E-state index contributed by atoms with van der Waals surface area (Å²) < 4.78 is 10.9. The molecule has 1 heterocycles. The van der Waals surface area contributed by atoms with Gasteiger partial charge in [-0.05, 0) is 65.9 Å². The molecule has 0 aromatic heterocycles. The molecule has 0 bridgehead atoms. The van der Waals surface area contributed by atoms with Crippen LogP contribution in [0, 0.1) is 0 Å². The van der Waals surface area contributed by atoms with Crippen LogP contribution in [0.4, 0.5) is 10.5 Å². The third kappa shape index (κ3) is 5.59. The Bertz CT molecular complexity index is 1280. The molecule has 1 N–H and O–H groups in total. The van der Waals surface area contributed by atoms with Gasteiger partial charge in [-0.3, -0.25) is 19.3 Å². The molecule has 3 aromatic carbocycles. The zero-order valence-corrected chi connectivity index (χ0v) is 19.6. The van der Waals surface area contributed by atoms with Crippen LogP contribution in [0.25, 0.3) is 6.08 Å². The topological polar surface area (TPSA) is 84.9 Å². The van der Waals surface area contributed by atoms with E-state index in [1.807, 2.05) is 30.3 Å². The summed E-state index contributed by atoms with van der Waals surface area (Å²) in [5.41, 5.74) is 1.12. The standard InChI is InChI=1S/C25H19ClN2O5S/c1-32-21-11-10-17(14-20(21)26)27-23(29)15-28-24(30)22(34-25(28)31)13-16-6-5-9-19(12-16)33-18-7-3-2-4-8-18/h2-14H,15H2,1H3,(H,27,29)/b22-13+. The molecule has 0 atom stereocenters. The molecule has 1 fully saturated rings. The fraction of sp³-hybridized carbons (Fsp3) is 0.0800. The number of nitrogens with one attached hydrogen (secondary N) is 1. The highest BCUT2D eigenvalue weighted by molar-refractivity contribution is 8.18. The number of carbonyl (C=O) groups is 3. The lowest BCUT2D eigenvalue weighted by Gasteiger charge is -2.13. The summed E-state index contributed by atoms with van der Waals surface area (Å²) in [7, 11) is 1.49. The minimum Gasteiger partial charge on any atom is -0.495 e. The van der Waals surface area contributed by atoms with Crippen molar-refractivity contribution in [3.63, 3.8) is 0 Å². The van der Waals surface area contributed by atoms with Crippen LogP contribution in [0.2, 0.25) is 5.02 Å². The third-order valence-electron chi connectivity index (χ3n) is 4.75. The first-order chi connectivity index (χ1) is 16.4. The zero-order valence-electron chi connectivity index (χ0n) is 18.0. The second kappa shape index (κ2) is 10.5. The molecule has 0 saturated carbocycles. The molecule has 0 aliphatic carbocycles. The highest BCUT2D eigenvalue weighted by Crippen LogP contribution is 2.33. The van der Waals surface area contributed by atoms with Crippen molar-refractivity contribution < 1.29 is 23.9 Å². The van der Waals surface area contributed by atoms with Crippen molar-refractivity contribution >= 4 is 52.2 Å². The van der Waals surface area contributed by atoms with E-state index < -0.39 is 23.6 Å². The SMILES string of the molecule is COc1ccc(NC(=O)CN2C(=O)S/C(=C/c3cccc(Oc4ccccc4)c3)C2=O)cc1Cl. The van der Waals surface area contributed by atoms with E-state index >= 15 is 0 Å². The van der Waals surface area contributed by atoms with Crippen LogP contribution in [0.15, 0.2) is 77.7 Å². The molecule has 0 radical (unpaired) electrons. The number of ether oxygens (including phenoxy) is 2. The third-order valence-corrected chi connectivity index (χ3v) is 5.95. The Balaban J connectivity index is 1.42. The number of halogens is 1. The number of nitrogens with zero attached hydrogens (tertiary/aromatic N) is 1. The van der Waals surface area contributed by atoms with E-state index in [2.05, 4.69) is 5.32 Å². The van der Waals surface area contributed by atoms with Crippen LogP contribution in [0.5, 0.6) is 17.2 Å². The number of para-hydroxylation sites is 1. The fourth-order valence-electron chi connectivity index (χ4n) is 3.17. The maximum Gasteiger partial charge on any atom is 0.294 e. The number of carbonyl (C=O) groups excluding carboxylic acids is 3. The van der Waals surface area contributed by atoms with Gasteiger partial charge in [-0.2, -0.15) is 0 Å². The Kier molecular flexibility index (Phi) is 7.20. The van der Waals surface area contributed by atoms with Crippen molar-refractivity contribution in [3.8, 4) is 17.2 Å².